The fourth-order valence-electron chi connectivity index (χ4n) is 8.77. The van der Waals surface area contributed by atoms with Crippen LogP contribution < -0.4 is 5.32 Å². The van der Waals surface area contributed by atoms with E-state index in [0.29, 0.717) is 12.8 Å². The van der Waals surface area contributed by atoms with Crippen molar-refractivity contribution in [3.05, 3.63) is 48.6 Å². The first-order valence-corrected chi connectivity index (χ1v) is 28.4. The van der Waals surface area contributed by atoms with E-state index in [9.17, 15) is 35.1 Å². The van der Waals surface area contributed by atoms with Crippen molar-refractivity contribution >= 4 is 11.9 Å². The van der Waals surface area contributed by atoms with Gasteiger partial charge >= 0.3 is 5.97 Å². The number of aliphatic hydroxyl groups is 5. The Kier molecular flexibility index (Phi) is 43.7. The van der Waals surface area contributed by atoms with Gasteiger partial charge in [0.1, 0.15) is 24.4 Å². The molecule has 6 N–H and O–H groups in total. The van der Waals surface area contributed by atoms with E-state index >= 15 is 0 Å². The first-order chi connectivity index (χ1) is 33.7. The summed E-state index contributed by atoms with van der Waals surface area (Å²) in [5.41, 5.74) is 0. The zero-order valence-electron chi connectivity index (χ0n) is 44.2. The fraction of sp³-hybridized carbons (Fsp3) is 0.828. The van der Waals surface area contributed by atoms with Crippen LogP contribution in [0.5, 0.6) is 0 Å². The van der Waals surface area contributed by atoms with Crippen molar-refractivity contribution in [3.63, 3.8) is 0 Å². The Morgan fingerprint density at radius 1 is 0.580 bits per heavy atom. The lowest BCUT2D eigenvalue weighted by Crippen LogP contribution is -2.61. The second kappa shape index (κ2) is 46.7. The smallest absolute Gasteiger partial charge is 0.306 e. The molecule has 8 atom stereocenters. The number of ether oxygens (including phenoxy) is 3. The second-order valence-electron chi connectivity index (χ2n) is 19.7. The van der Waals surface area contributed by atoms with Crippen LogP contribution in [0.1, 0.15) is 245 Å². The SMILES string of the molecule is CC/C=C/C=C/C=C/CCCCCCCCC(O)C(=O)NC(COC1OC(CO)C(O)C(O)C1OC(=O)CCCCCCCCCCCCCCCC)C(O)/C=C/CCCCCCCCCCCC. The van der Waals surface area contributed by atoms with Crippen LogP contribution in [0.3, 0.4) is 0 Å². The molecule has 402 valence electrons. The molecule has 0 radical (unpaired) electrons. The average molecular weight is 976 g/mol. The lowest BCUT2D eigenvalue weighted by Gasteiger charge is -2.41. The maximum atomic E-state index is 13.4. The third-order valence-electron chi connectivity index (χ3n) is 13.3. The van der Waals surface area contributed by atoms with Crippen molar-refractivity contribution in [3.8, 4) is 0 Å². The van der Waals surface area contributed by atoms with Gasteiger partial charge in [-0.05, 0) is 44.9 Å². The molecule has 8 unspecified atom stereocenters. The van der Waals surface area contributed by atoms with Crippen molar-refractivity contribution in [1.29, 1.82) is 0 Å². The Morgan fingerprint density at radius 2 is 1.04 bits per heavy atom. The molecular weight excluding hydrogens is 871 g/mol. The maximum Gasteiger partial charge on any atom is 0.306 e. The van der Waals surface area contributed by atoms with Crippen LogP contribution in [0.25, 0.3) is 0 Å². The predicted octanol–water partition coefficient (Wildman–Crippen LogP) is 12.5. The molecule has 1 rings (SSSR count). The number of amides is 1. The van der Waals surface area contributed by atoms with Gasteiger partial charge in [0.25, 0.3) is 0 Å². The van der Waals surface area contributed by atoms with Crippen LogP contribution in [-0.4, -0.2) is 99.6 Å². The van der Waals surface area contributed by atoms with Crippen molar-refractivity contribution in [1.82, 2.24) is 5.32 Å². The summed E-state index contributed by atoms with van der Waals surface area (Å²) >= 11 is 0. The summed E-state index contributed by atoms with van der Waals surface area (Å²) in [5.74, 6) is -1.20. The number of esters is 1. The zero-order chi connectivity index (χ0) is 50.4. The highest BCUT2D eigenvalue weighted by molar-refractivity contribution is 5.80. The van der Waals surface area contributed by atoms with Crippen LogP contribution in [0.4, 0.5) is 0 Å². The minimum Gasteiger partial charge on any atom is -0.454 e. The molecule has 1 saturated heterocycles. The van der Waals surface area contributed by atoms with Crippen molar-refractivity contribution in [2.24, 2.45) is 0 Å². The molecule has 0 aromatic heterocycles. The molecule has 69 heavy (non-hydrogen) atoms. The Balaban J connectivity index is 2.75. The minimum absolute atomic E-state index is 0.125. The summed E-state index contributed by atoms with van der Waals surface area (Å²) < 4.78 is 17.6. The molecule has 0 bridgehead atoms. The number of rotatable bonds is 47. The quantitative estimate of drug-likeness (QED) is 0.0149. The van der Waals surface area contributed by atoms with Gasteiger partial charge in [0.15, 0.2) is 12.4 Å². The first kappa shape index (κ1) is 64.6. The van der Waals surface area contributed by atoms with Crippen LogP contribution in [0.15, 0.2) is 48.6 Å². The second-order valence-corrected chi connectivity index (χ2v) is 19.7. The highest BCUT2D eigenvalue weighted by Crippen LogP contribution is 2.26. The van der Waals surface area contributed by atoms with Crippen LogP contribution in [0, 0.1) is 0 Å². The minimum atomic E-state index is -1.61. The van der Waals surface area contributed by atoms with E-state index in [4.69, 9.17) is 14.2 Å². The number of carbonyl (C=O) groups is 2. The molecule has 0 aliphatic carbocycles. The fourth-order valence-corrected chi connectivity index (χ4v) is 8.77. The number of aliphatic hydroxyl groups excluding tert-OH is 5. The van der Waals surface area contributed by atoms with Gasteiger partial charge in [0, 0.05) is 6.42 Å². The van der Waals surface area contributed by atoms with E-state index < -0.39 is 67.4 Å². The van der Waals surface area contributed by atoms with Gasteiger partial charge in [0.2, 0.25) is 5.91 Å². The number of hydrogen-bond donors (Lipinski definition) is 6. The molecule has 11 nitrogen and oxygen atoms in total. The van der Waals surface area contributed by atoms with E-state index in [-0.39, 0.29) is 19.4 Å². The van der Waals surface area contributed by atoms with Gasteiger partial charge in [0.05, 0.1) is 25.4 Å². The van der Waals surface area contributed by atoms with Gasteiger partial charge in [-0.3, -0.25) is 9.59 Å². The summed E-state index contributed by atoms with van der Waals surface area (Å²) in [6.07, 6.45) is 44.4. The van der Waals surface area contributed by atoms with E-state index in [1.54, 1.807) is 6.08 Å². The molecule has 1 fully saturated rings. The number of allylic oxidation sites excluding steroid dienone is 7. The number of carbonyl (C=O) groups excluding carboxylic acids is 2. The van der Waals surface area contributed by atoms with Crippen LogP contribution >= 0.6 is 0 Å². The summed E-state index contributed by atoms with van der Waals surface area (Å²) in [5, 5.41) is 56.7. The lowest BCUT2D eigenvalue weighted by atomic mass is 9.99. The van der Waals surface area contributed by atoms with E-state index in [1.165, 1.54) is 116 Å². The van der Waals surface area contributed by atoms with Gasteiger partial charge in [-0.1, -0.05) is 243 Å². The molecule has 1 amide bonds. The zero-order valence-corrected chi connectivity index (χ0v) is 44.2. The molecule has 1 aliphatic rings. The third kappa shape index (κ3) is 35.4. The van der Waals surface area contributed by atoms with Crippen LogP contribution in [-0.2, 0) is 23.8 Å². The van der Waals surface area contributed by atoms with E-state index in [1.807, 2.05) is 18.2 Å². The van der Waals surface area contributed by atoms with Crippen LogP contribution in [0.2, 0.25) is 0 Å². The van der Waals surface area contributed by atoms with E-state index in [0.717, 1.165) is 83.5 Å². The molecule has 0 spiro atoms. The van der Waals surface area contributed by atoms with E-state index in [2.05, 4.69) is 50.4 Å². The largest absolute Gasteiger partial charge is 0.454 e. The molecule has 0 aromatic carbocycles. The topological polar surface area (TPSA) is 175 Å². The van der Waals surface area contributed by atoms with Crippen molar-refractivity contribution < 1.29 is 49.3 Å². The highest BCUT2D eigenvalue weighted by atomic mass is 16.7. The molecule has 0 saturated carbocycles. The molecule has 1 heterocycles. The summed E-state index contributed by atoms with van der Waals surface area (Å²) in [6.45, 7) is 5.64. The Labute approximate surface area is 421 Å². The van der Waals surface area contributed by atoms with Gasteiger partial charge in [-0.25, -0.2) is 0 Å². The summed E-state index contributed by atoms with van der Waals surface area (Å²) in [7, 11) is 0. The number of unbranched alkanes of at least 4 members (excludes halogenated alkanes) is 29. The Bertz CT molecular complexity index is 1300. The number of nitrogens with one attached hydrogen (secondary N) is 1. The predicted molar refractivity (Wildman–Crippen MR) is 283 cm³/mol. The first-order valence-electron chi connectivity index (χ1n) is 28.4. The summed E-state index contributed by atoms with van der Waals surface area (Å²) in [4.78, 5) is 26.4. The van der Waals surface area contributed by atoms with Gasteiger partial charge in [-0.2, -0.15) is 0 Å². The monoisotopic (exact) mass is 976 g/mol. The Hall–Kier alpha value is -2.38. The Morgan fingerprint density at radius 3 is 1.55 bits per heavy atom. The molecule has 1 aliphatic heterocycles. The third-order valence-corrected chi connectivity index (χ3v) is 13.3. The average Bonchev–Trinajstić information content (AvgIpc) is 3.34. The lowest BCUT2D eigenvalue weighted by molar-refractivity contribution is -0.305. The van der Waals surface area contributed by atoms with Crippen molar-refractivity contribution in [2.45, 2.75) is 294 Å². The van der Waals surface area contributed by atoms with Crippen molar-refractivity contribution in [2.75, 3.05) is 13.2 Å². The van der Waals surface area contributed by atoms with Gasteiger partial charge < -0.3 is 45.1 Å². The molecular formula is C58H105NO10. The number of hydrogen-bond acceptors (Lipinski definition) is 10. The summed E-state index contributed by atoms with van der Waals surface area (Å²) in [6, 6.07) is -1.03. The standard InChI is InChI=1S/C58H105NO10/c1-4-7-10-13-16-19-22-25-27-30-33-36-39-42-45-51(62)57(66)59-49(50(61)44-41-38-35-32-29-24-21-18-15-12-9-6-3)48-67-58-56(55(65)54(64)52(47-60)68-58)69-53(63)46-43-40-37-34-31-28-26-23-20-17-14-11-8-5-2/h7,10,13,16,19,22,41,44,49-52,54-56,58,60-62,64-65H,4-6,8-9,11-12,14-15,17-18,20-21,23-40,42-43,45-48H2,1-3H3,(H,59,66)/b10-7+,16-13+,22-19+,44-41+. The highest BCUT2D eigenvalue weighted by Gasteiger charge is 2.47. The molecule has 0 aromatic rings. The normalized spacial score (nSPS) is 20.1. The molecule has 11 heteroatoms. The maximum absolute atomic E-state index is 13.4. The van der Waals surface area contributed by atoms with Gasteiger partial charge in [-0.15, -0.1) is 0 Å².